The molecule has 0 unspecified atom stereocenters. The quantitative estimate of drug-likeness (QED) is 0.832. The average Bonchev–Trinajstić information content (AvgIpc) is 2.73. The van der Waals surface area contributed by atoms with E-state index in [-0.39, 0.29) is 0 Å². The standard InChI is InChI=1S/C15H23N3OS/c1-10-8-12(13(14(16)20)11(2)17-10)18(3)9-15(19)6-4-5-7-15/h8,19H,4-7,9H2,1-3H3,(H2,16,20). The van der Waals surface area contributed by atoms with Gasteiger partial charge in [0, 0.05) is 25.0 Å². The maximum atomic E-state index is 10.6. The Hall–Kier alpha value is -1.20. The van der Waals surface area contributed by atoms with Crippen LogP contribution in [0, 0.1) is 13.8 Å². The van der Waals surface area contributed by atoms with E-state index < -0.39 is 5.60 Å². The Morgan fingerprint density at radius 1 is 1.45 bits per heavy atom. The lowest BCUT2D eigenvalue weighted by Crippen LogP contribution is -2.40. The predicted molar refractivity (Wildman–Crippen MR) is 86.3 cm³/mol. The molecule has 0 aromatic carbocycles. The van der Waals surface area contributed by atoms with Gasteiger partial charge in [0.1, 0.15) is 4.99 Å². The second-order valence-corrected chi connectivity index (χ2v) is 6.33. The molecule has 0 aliphatic heterocycles. The predicted octanol–water partition coefficient (Wildman–Crippen LogP) is 2.07. The maximum Gasteiger partial charge on any atom is 0.107 e. The summed E-state index contributed by atoms with van der Waals surface area (Å²) in [6.07, 6.45) is 3.92. The highest BCUT2D eigenvalue weighted by Crippen LogP contribution is 2.32. The van der Waals surface area contributed by atoms with Crippen molar-refractivity contribution in [1.29, 1.82) is 0 Å². The van der Waals surface area contributed by atoms with Crippen LogP contribution in [0.15, 0.2) is 6.07 Å². The highest BCUT2D eigenvalue weighted by molar-refractivity contribution is 7.80. The molecule has 0 amide bonds. The molecule has 0 radical (unpaired) electrons. The SMILES string of the molecule is Cc1cc(N(C)CC2(O)CCCC2)c(C(N)=S)c(C)n1. The number of anilines is 1. The van der Waals surface area contributed by atoms with Crippen LogP contribution in [-0.4, -0.2) is 34.3 Å². The van der Waals surface area contributed by atoms with Gasteiger partial charge in [0.25, 0.3) is 0 Å². The first-order valence-electron chi connectivity index (χ1n) is 7.04. The third-order valence-electron chi connectivity index (χ3n) is 4.03. The van der Waals surface area contributed by atoms with Crippen molar-refractivity contribution in [3.8, 4) is 0 Å². The topological polar surface area (TPSA) is 62.4 Å². The summed E-state index contributed by atoms with van der Waals surface area (Å²) in [6, 6.07) is 1.99. The van der Waals surface area contributed by atoms with Gasteiger partial charge in [-0.3, -0.25) is 4.98 Å². The molecule has 3 N–H and O–H groups in total. The van der Waals surface area contributed by atoms with Crippen LogP contribution in [0.3, 0.4) is 0 Å². The lowest BCUT2D eigenvalue weighted by molar-refractivity contribution is 0.0559. The Balaban J connectivity index is 2.33. The molecule has 1 heterocycles. The van der Waals surface area contributed by atoms with Crippen molar-refractivity contribution in [3.05, 3.63) is 23.0 Å². The third kappa shape index (κ3) is 3.10. The fraction of sp³-hybridized carbons (Fsp3) is 0.600. The highest BCUT2D eigenvalue weighted by atomic mass is 32.1. The fourth-order valence-electron chi connectivity index (χ4n) is 3.13. The fourth-order valence-corrected chi connectivity index (χ4v) is 3.38. The number of likely N-dealkylation sites (N-methyl/N-ethyl adjacent to an activating group) is 1. The Morgan fingerprint density at radius 3 is 2.60 bits per heavy atom. The molecule has 0 atom stereocenters. The number of thiocarbonyl (C=S) groups is 1. The van der Waals surface area contributed by atoms with E-state index in [0.717, 1.165) is 48.3 Å². The number of aromatic nitrogens is 1. The van der Waals surface area contributed by atoms with Crippen molar-refractivity contribution in [3.63, 3.8) is 0 Å². The summed E-state index contributed by atoms with van der Waals surface area (Å²) >= 11 is 5.16. The number of rotatable bonds is 4. The molecule has 20 heavy (non-hydrogen) atoms. The van der Waals surface area contributed by atoms with Crippen molar-refractivity contribution in [2.75, 3.05) is 18.5 Å². The minimum absolute atomic E-state index is 0.357. The molecule has 1 saturated carbocycles. The zero-order chi connectivity index (χ0) is 14.9. The van der Waals surface area contributed by atoms with Gasteiger partial charge in [0.05, 0.1) is 16.9 Å². The molecule has 4 nitrogen and oxygen atoms in total. The van der Waals surface area contributed by atoms with Gasteiger partial charge in [0.2, 0.25) is 0 Å². The Kier molecular flexibility index (Phi) is 4.30. The van der Waals surface area contributed by atoms with E-state index in [1.165, 1.54) is 0 Å². The summed E-state index contributed by atoms with van der Waals surface area (Å²) in [5.41, 5.74) is 8.81. The van der Waals surface area contributed by atoms with Gasteiger partial charge in [0.15, 0.2) is 0 Å². The van der Waals surface area contributed by atoms with E-state index in [1.54, 1.807) is 0 Å². The zero-order valence-corrected chi connectivity index (χ0v) is 13.3. The van der Waals surface area contributed by atoms with Crippen LogP contribution in [0.5, 0.6) is 0 Å². The van der Waals surface area contributed by atoms with E-state index in [4.69, 9.17) is 18.0 Å². The Labute approximate surface area is 126 Å². The number of aryl methyl sites for hydroxylation is 2. The second-order valence-electron chi connectivity index (χ2n) is 5.89. The minimum Gasteiger partial charge on any atom is -0.389 e. The largest absolute Gasteiger partial charge is 0.389 e. The van der Waals surface area contributed by atoms with Gasteiger partial charge < -0.3 is 15.7 Å². The molecule has 0 bridgehead atoms. The van der Waals surface area contributed by atoms with Crippen molar-refractivity contribution in [2.24, 2.45) is 5.73 Å². The van der Waals surface area contributed by atoms with Crippen LogP contribution in [0.2, 0.25) is 0 Å². The van der Waals surface area contributed by atoms with Gasteiger partial charge in [-0.05, 0) is 32.8 Å². The Morgan fingerprint density at radius 2 is 2.05 bits per heavy atom. The van der Waals surface area contributed by atoms with Crippen molar-refractivity contribution in [1.82, 2.24) is 4.98 Å². The molecule has 1 aliphatic carbocycles. The molecule has 0 spiro atoms. The summed E-state index contributed by atoms with van der Waals surface area (Å²) in [4.78, 5) is 6.84. The molecule has 5 heteroatoms. The molecule has 2 rings (SSSR count). The van der Waals surface area contributed by atoms with Crippen LogP contribution < -0.4 is 10.6 Å². The van der Waals surface area contributed by atoms with Crippen molar-refractivity contribution in [2.45, 2.75) is 45.1 Å². The number of pyridine rings is 1. The number of nitrogens with zero attached hydrogens (tertiary/aromatic N) is 2. The molecule has 1 aromatic heterocycles. The summed E-state index contributed by atoms with van der Waals surface area (Å²) in [7, 11) is 1.98. The molecule has 110 valence electrons. The molecule has 1 fully saturated rings. The minimum atomic E-state index is -0.590. The van der Waals surface area contributed by atoms with Gasteiger partial charge in [-0.1, -0.05) is 25.1 Å². The summed E-state index contributed by atoms with van der Waals surface area (Å²) in [5.74, 6) is 0. The van der Waals surface area contributed by atoms with Gasteiger partial charge in [-0.25, -0.2) is 0 Å². The maximum absolute atomic E-state index is 10.6. The van der Waals surface area contributed by atoms with Crippen LogP contribution in [0.4, 0.5) is 5.69 Å². The normalized spacial score (nSPS) is 17.2. The van der Waals surface area contributed by atoms with Gasteiger partial charge in [-0.15, -0.1) is 0 Å². The van der Waals surface area contributed by atoms with Crippen molar-refractivity contribution >= 4 is 22.9 Å². The van der Waals surface area contributed by atoms with E-state index >= 15 is 0 Å². The average molecular weight is 293 g/mol. The molecule has 0 saturated heterocycles. The van der Waals surface area contributed by atoms with E-state index in [0.29, 0.717) is 11.5 Å². The number of aliphatic hydroxyl groups is 1. The zero-order valence-electron chi connectivity index (χ0n) is 12.4. The number of hydrogen-bond donors (Lipinski definition) is 2. The highest BCUT2D eigenvalue weighted by Gasteiger charge is 2.33. The number of nitrogens with two attached hydrogens (primary N) is 1. The third-order valence-corrected chi connectivity index (χ3v) is 4.24. The van der Waals surface area contributed by atoms with Crippen LogP contribution in [0.25, 0.3) is 0 Å². The summed E-state index contributed by atoms with van der Waals surface area (Å²) < 4.78 is 0. The van der Waals surface area contributed by atoms with Crippen molar-refractivity contribution < 1.29 is 5.11 Å². The van der Waals surface area contributed by atoms with Crippen LogP contribution in [0.1, 0.15) is 42.6 Å². The second kappa shape index (κ2) is 5.66. The van der Waals surface area contributed by atoms with Crippen LogP contribution >= 0.6 is 12.2 Å². The first-order valence-corrected chi connectivity index (χ1v) is 7.45. The Bertz CT molecular complexity index is 524. The molecule has 1 aromatic rings. The van der Waals surface area contributed by atoms with Gasteiger partial charge >= 0.3 is 0 Å². The molecular weight excluding hydrogens is 270 g/mol. The lowest BCUT2D eigenvalue weighted by Gasteiger charge is -2.31. The summed E-state index contributed by atoms with van der Waals surface area (Å²) in [5, 5.41) is 10.6. The molecule has 1 aliphatic rings. The molecular formula is C15H23N3OS. The smallest absolute Gasteiger partial charge is 0.107 e. The van der Waals surface area contributed by atoms with E-state index in [1.807, 2.05) is 27.0 Å². The first kappa shape index (κ1) is 15.2. The van der Waals surface area contributed by atoms with Crippen LogP contribution in [-0.2, 0) is 0 Å². The summed E-state index contributed by atoms with van der Waals surface area (Å²) in [6.45, 7) is 4.48. The van der Waals surface area contributed by atoms with E-state index in [2.05, 4.69) is 9.88 Å². The van der Waals surface area contributed by atoms with E-state index in [9.17, 15) is 5.11 Å². The monoisotopic (exact) mass is 293 g/mol. The van der Waals surface area contributed by atoms with Gasteiger partial charge in [-0.2, -0.15) is 0 Å². The lowest BCUT2D eigenvalue weighted by atomic mass is 10.0. The number of hydrogen-bond acceptors (Lipinski definition) is 4. The first-order chi connectivity index (χ1) is 9.32.